The molecule has 6 aromatic heterocycles. The summed E-state index contributed by atoms with van der Waals surface area (Å²) in [5.41, 5.74) is 4.83. The molecule has 0 N–H and O–H groups in total. The summed E-state index contributed by atoms with van der Waals surface area (Å²) in [7, 11) is 0. The van der Waals surface area contributed by atoms with Crippen LogP contribution in [0, 0.1) is 18.8 Å². The van der Waals surface area contributed by atoms with Gasteiger partial charge in [0.1, 0.15) is 4.88 Å². The first-order valence-corrected chi connectivity index (χ1v) is 38.3. The highest BCUT2D eigenvalue weighted by atomic mass is 32.1. The van der Waals surface area contributed by atoms with Crippen molar-refractivity contribution in [3.8, 4) is 30.6 Å². The van der Waals surface area contributed by atoms with Gasteiger partial charge in [-0.1, -0.05) is 207 Å². The average molecular weight is 1300 g/mol. The quantitative estimate of drug-likeness (QED) is 0.0311. The van der Waals surface area contributed by atoms with Crippen LogP contribution in [-0.4, -0.2) is 23.3 Å². The van der Waals surface area contributed by atoms with Gasteiger partial charge in [0.2, 0.25) is 0 Å². The lowest BCUT2D eigenvalue weighted by Gasteiger charge is -2.33. The Labute approximate surface area is 547 Å². The third-order valence-electron chi connectivity index (χ3n) is 19.5. The number of nitrogens with zero attached hydrogens (tertiary/aromatic N) is 1. The second-order valence-corrected chi connectivity index (χ2v) is 32.1. The van der Waals surface area contributed by atoms with E-state index in [4.69, 9.17) is 0 Å². The summed E-state index contributed by atoms with van der Waals surface area (Å²) >= 11 is 11.0. The molecule has 0 saturated carbocycles. The maximum Gasteiger partial charge on any atom is 0.416 e. The van der Waals surface area contributed by atoms with Gasteiger partial charge in [-0.15, -0.1) is 68.0 Å². The molecule has 12 heteroatoms. The number of halogens is 3. The Morgan fingerprint density at radius 1 is 0.489 bits per heavy atom. The molecule has 9 aromatic rings. The summed E-state index contributed by atoms with van der Waals surface area (Å²) in [6, 6.07) is 29.5. The monoisotopic (exact) mass is 1300 g/mol. The SMILES string of the molecule is CCCCCCCCN1C(=O)c2sc3c(-c4cc5c(-c6ccc(CC(CC)CCCC)s6)c6sc(C(CC)(CCC)c7ccc(C(F)(F)F)cc7)cc6c(-c6ccc(CC(CC)CCCC)s6)c5s4)sc(C(C)(CCCC)c4ccc(C)cc4)c3c2C1=O. The van der Waals surface area contributed by atoms with Crippen LogP contribution in [0.2, 0.25) is 0 Å². The van der Waals surface area contributed by atoms with E-state index in [0.29, 0.717) is 28.8 Å². The molecule has 3 nitrogen and oxygen atoms in total. The maximum absolute atomic E-state index is 15.2. The fourth-order valence-corrected chi connectivity index (χ4v) is 22.4. The van der Waals surface area contributed by atoms with Gasteiger partial charge >= 0.3 is 6.18 Å². The molecule has 0 saturated heterocycles. The second-order valence-electron chi connectivity index (χ2n) is 25.6. The molecule has 4 unspecified atom stereocenters. The summed E-state index contributed by atoms with van der Waals surface area (Å²) in [6.07, 6.45) is 19.0. The van der Waals surface area contributed by atoms with Crippen LogP contribution < -0.4 is 0 Å². The number of benzene rings is 3. The Hall–Kier alpha value is -4.43. The smallest absolute Gasteiger partial charge is 0.274 e. The zero-order valence-electron chi connectivity index (χ0n) is 53.8. The summed E-state index contributed by atoms with van der Waals surface area (Å²) in [5, 5.41) is 3.37. The topological polar surface area (TPSA) is 37.4 Å². The predicted molar refractivity (Wildman–Crippen MR) is 380 cm³/mol. The van der Waals surface area contributed by atoms with E-state index in [9.17, 15) is 18.0 Å². The number of rotatable bonds is 32. The Morgan fingerprint density at radius 3 is 1.61 bits per heavy atom. The first-order valence-electron chi connectivity index (χ1n) is 33.4. The first-order chi connectivity index (χ1) is 42.5. The number of imide groups is 1. The number of unbranched alkanes of at least 4 members (excludes halogenated alkanes) is 8. The van der Waals surface area contributed by atoms with Crippen molar-refractivity contribution in [2.75, 3.05) is 6.54 Å². The number of alkyl halides is 3. The molecule has 4 atom stereocenters. The molecule has 470 valence electrons. The number of carbonyl (C=O) groups is 2. The number of carbonyl (C=O) groups excluding carboxylic acids is 2. The van der Waals surface area contributed by atoms with Crippen molar-refractivity contribution < 1.29 is 22.8 Å². The zero-order chi connectivity index (χ0) is 62.5. The zero-order valence-corrected chi connectivity index (χ0v) is 58.7. The minimum absolute atomic E-state index is 0.145. The van der Waals surface area contributed by atoms with Crippen LogP contribution in [0.5, 0.6) is 0 Å². The molecule has 1 aliphatic rings. The van der Waals surface area contributed by atoms with Gasteiger partial charge in [0.05, 0.1) is 20.7 Å². The Bertz CT molecular complexity index is 3710. The average Bonchev–Trinajstić information content (AvgIpc) is 1.56. The summed E-state index contributed by atoms with van der Waals surface area (Å²) in [5.74, 6) is 0.914. The Balaban J connectivity index is 1.26. The van der Waals surface area contributed by atoms with Crippen molar-refractivity contribution in [1.29, 1.82) is 0 Å². The number of aryl methyl sites for hydroxylation is 1. The molecule has 0 bridgehead atoms. The summed E-state index contributed by atoms with van der Waals surface area (Å²) < 4.78 is 46.2. The molecule has 2 amide bonds. The predicted octanol–water partition coefficient (Wildman–Crippen LogP) is 26.3. The van der Waals surface area contributed by atoms with E-state index in [0.717, 1.165) is 109 Å². The highest BCUT2D eigenvalue weighted by Gasteiger charge is 2.45. The van der Waals surface area contributed by atoms with E-state index in [1.165, 1.54) is 142 Å². The van der Waals surface area contributed by atoms with Crippen molar-refractivity contribution in [3.63, 3.8) is 0 Å². The largest absolute Gasteiger partial charge is 0.416 e. The highest BCUT2D eigenvalue weighted by molar-refractivity contribution is 7.32. The first kappa shape index (κ1) is 66.5. The number of fused-ring (bicyclic) bond motifs is 5. The van der Waals surface area contributed by atoms with Crippen LogP contribution in [0.25, 0.3) is 60.9 Å². The fourth-order valence-electron chi connectivity index (χ4n) is 14.0. The molecule has 0 spiro atoms. The van der Waals surface area contributed by atoms with Crippen LogP contribution >= 0.6 is 68.0 Å². The van der Waals surface area contributed by atoms with Gasteiger partial charge in [-0.25, -0.2) is 0 Å². The Kier molecular flexibility index (Phi) is 21.9. The van der Waals surface area contributed by atoms with E-state index in [1.54, 1.807) is 28.4 Å². The lowest BCUT2D eigenvalue weighted by Crippen LogP contribution is -2.31. The molecule has 3 aromatic carbocycles. The molecule has 0 fully saturated rings. The third-order valence-corrected chi connectivity index (χ3v) is 27.2. The number of hydrogen-bond donors (Lipinski definition) is 0. The van der Waals surface area contributed by atoms with E-state index in [1.807, 2.05) is 56.7 Å². The van der Waals surface area contributed by atoms with E-state index >= 15 is 4.79 Å². The number of thiophene rings is 6. The molecule has 0 aliphatic carbocycles. The van der Waals surface area contributed by atoms with Gasteiger partial charge in [0.15, 0.2) is 0 Å². The number of hydrogen-bond acceptors (Lipinski definition) is 8. The van der Waals surface area contributed by atoms with Crippen LogP contribution in [0.4, 0.5) is 13.2 Å². The molecule has 1 aliphatic heterocycles. The van der Waals surface area contributed by atoms with Crippen molar-refractivity contribution in [3.05, 3.63) is 137 Å². The normalized spacial score (nSPS) is 15.1. The van der Waals surface area contributed by atoms with Gasteiger partial charge in [-0.05, 0) is 117 Å². The summed E-state index contributed by atoms with van der Waals surface area (Å²) in [6.45, 7) is 23.1. The van der Waals surface area contributed by atoms with Crippen molar-refractivity contribution in [2.24, 2.45) is 11.8 Å². The molecular weight excluding hydrogens is 1210 g/mol. The van der Waals surface area contributed by atoms with Crippen LogP contribution in [0.15, 0.2) is 84.9 Å². The highest BCUT2D eigenvalue weighted by Crippen LogP contribution is 2.60. The van der Waals surface area contributed by atoms with Gasteiger partial charge in [0, 0.05) is 88.2 Å². The fraction of sp³-hybridized carbons (Fsp3) is 0.500. The summed E-state index contributed by atoms with van der Waals surface area (Å²) in [4.78, 5) is 42.1. The van der Waals surface area contributed by atoms with Gasteiger partial charge < -0.3 is 0 Å². The lowest BCUT2D eigenvalue weighted by molar-refractivity contribution is -0.137. The van der Waals surface area contributed by atoms with Crippen LogP contribution in [-0.2, 0) is 29.8 Å². The van der Waals surface area contributed by atoms with Crippen molar-refractivity contribution >= 4 is 110 Å². The van der Waals surface area contributed by atoms with Gasteiger partial charge in [0.25, 0.3) is 11.8 Å². The van der Waals surface area contributed by atoms with Crippen LogP contribution in [0.3, 0.4) is 0 Å². The minimum Gasteiger partial charge on any atom is -0.274 e. The van der Waals surface area contributed by atoms with E-state index in [2.05, 4.69) is 130 Å². The maximum atomic E-state index is 15.2. The standard InChI is InChI=1S/C76H92F3NO2S6/c1-11-19-23-24-25-26-43-80-72(81)65-64-69(87-70(65)73(80)82)68(88-71(64)74(10,42-22-14-4)51-31-29-48(9)30-32-51)60-46-56-62(58-39-37-54(83-58)44-49(16-6)27-20-12-2)67-57(63(66(56)85-60)59-40-38-55(84-59)45-50(17-7)28-21-13-3)47-61(86-67)75(18-8,41-15-5)52-33-35-53(36-34-52)76(77,78)79/h29-40,46-47,49-50H,11-28,41-45H2,1-10H3. The Morgan fingerprint density at radius 2 is 1.05 bits per heavy atom. The molecule has 10 rings (SSSR count). The van der Waals surface area contributed by atoms with Crippen molar-refractivity contribution in [2.45, 2.75) is 228 Å². The lowest BCUT2D eigenvalue weighted by atomic mass is 9.73. The molecule has 88 heavy (non-hydrogen) atoms. The van der Waals surface area contributed by atoms with E-state index < -0.39 is 22.6 Å². The number of amides is 2. The third kappa shape index (κ3) is 13.3. The van der Waals surface area contributed by atoms with Gasteiger partial charge in [-0.2, -0.15) is 13.2 Å². The van der Waals surface area contributed by atoms with Gasteiger partial charge in [-0.3, -0.25) is 14.5 Å². The van der Waals surface area contributed by atoms with Crippen LogP contribution in [0.1, 0.15) is 253 Å². The molecule has 0 radical (unpaired) electrons. The van der Waals surface area contributed by atoms with Crippen molar-refractivity contribution in [1.82, 2.24) is 4.90 Å². The molecular formula is C76H92F3NO2S6. The second kappa shape index (κ2) is 29.0. The molecule has 7 heterocycles. The minimum atomic E-state index is -4.43. The van der Waals surface area contributed by atoms with E-state index in [-0.39, 0.29) is 11.8 Å².